The lowest BCUT2D eigenvalue weighted by atomic mass is 10.1. The minimum absolute atomic E-state index is 0. The SMILES string of the molecule is Cl.NCCCOC1CCN(C(=O)CN2C(=O)CSc3ccccc32)CC1. The van der Waals surface area contributed by atoms with Gasteiger partial charge in [-0.1, -0.05) is 12.1 Å². The van der Waals surface area contributed by atoms with Crippen LogP contribution in [0.5, 0.6) is 0 Å². The first-order valence-corrected chi connectivity index (χ1v) is 9.79. The van der Waals surface area contributed by atoms with E-state index < -0.39 is 0 Å². The Balaban J connectivity index is 0.00000243. The maximum absolute atomic E-state index is 12.7. The highest BCUT2D eigenvalue weighted by molar-refractivity contribution is 8.00. The summed E-state index contributed by atoms with van der Waals surface area (Å²) >= 11 is 1.53. The molecule has 0 radical (unpaired) electrons. The number of halogens is 1. The van der Waals surface area contributed by atoms with E-state index >= 15 is 0 Å². The first-order valence-electron chi connectivity index (χ1n) is 8.80. The zero-order valence-electron chi connectivity index (χ0n) is 14.8. The van der Waals surface area contributed by atoms with Crippen LogP contribution >= 0.6 is 24.2 Å². The summed E-state index contributed by atoms with van der Waals surface area (Å²) in [7, 11) is 0. The van der Waals surface area contributed by atoms with Gasteiger partial charge in [0.15, 0.2) is 0 Å². The minimum Gasteiger partial charge on any atom is -0.378 e. The smallest absolute Gasteiger partial charge is 0.242 e. The Morgan fingerprint density at radius 2 is 2.00 bits per heavy atom. The van der Waals surface area contributed by atoms with Crippen molar-refractivity contribution in [1.82, 2.24) is 4.90 Å². The highest BCUT2D eigenvalue weighted by atomic mass is 35.5. The number of carbonyl (C=O) groups is 2. The van der Waals surface area contributed by atoms with Crippen LogP contribution in [-0.4, -0.2) is 61.4 Å². The second-order valence-corrected chi connectivity index (χ2v) is 7.35. The highest BCUT2D eigenvalue weighted by Gasteiger charge is 2.29. The van der Waals surface area contributed by atoms with Crippen molar-refractivity contribution in [2.75, 3.05) is 43.4 Å². The first kappa shape index (κ1) is 21.0. The summed E-state index contributed by atoms with van der Waals surface area (Å²) in [5.41, 5.74) is 6.32. The lowest BCUT2D eigenvalue weighted by Crippen LogP contribution is -2.48. The number of hydrogen-bond acceptors (Lipinski definition) is 5. The van der Waals surface area contributed by atoms with E-state index in [4.69, 9.17) is 10.5 Å². The predicted molar refractivity (Wildman–Crippen MR) is 106 cm³/mol. The molecule has 1 aromatic rings. The van der Waals surface area contributed by atoms with Crippen LogP contribution in [-0.2, 0) is 14.3 Å². The van der Waals surface area contributed by atoms with Gasteiger partial charge < -0.3 is 20.3 Å². The Kier molecular flexibility index (Phi) is 8.21. The number of para-hydroxylation sites is 1. The molecule has 0 unspecified atom stereocenters. The van der Waals surface area contributed by atoms with Crippen LogP contribution in [0.25, 0.3) is 0 Å². The molecule has 26 heavy (non-hydrogen) atoms. The Hall–Kier alpha value is -1.28. The highest BCUT2D eigenvalue weighted by Crippen LogP contribution is 2.34. The van der Waals surface area contributed by atoms with Gasteiger partial charge in [-0.3, -0.25) is 9.59 Å². The number of benzene rings is 1. The molecule has 2 heterocycles. The molecule has 1 fully saturated rings. The number of nitrogens with zero attached hydrogens (tertiary/aromatic N) is 2. The molecule has 2 aliphatic rings. The van der Waals surface area contributed by atoms with Crippen molar-refractivity contribution in [3.8, 4) is 0 Å². The number of nitrogens with two attached hydrogens (primary N) is 1. The molecule has 1 aromatic carbocycles. The van der Waals surface area contributed by atoms with Gasteiger partial charge in [-0.25, -0.2) is 0 Å². The molecule has 0 aromatic heterocycles. The summed E-state index contributed by atoms with van der Waals surface area (Å²) in [6.07, 6.45) is 2.77. The number of ether oxygens (including phenoxy) is 1. The van der Waals surface area contributed by atoms with Gasteiger partial charge in [0, 0.05) is 24.6 Å². The van der Waals surface area contributed by atoms with Crippen molar-refractivity contribution in [1.29, 1.82) is 0 Å². The monoisotopic (exact) mass is 399 g/mol. The number of fused-ring (bicyclic) bond motifs is 1. The zero-order chi connectivity index (χ0) is 17.6. The summed E-state index contributed by atoms with van der Waals surface area (Å²) in [6, 6.07) is 7.76. The third-order valence-corrected chi connectivity index (χ3v) is 5.65. The van der Waals surface area contributed by atoms with E-state index in [0.717, 1.165) is 29.8 Å². The number of hydrogen-bond donors (Lipinski definition) is 1. The quantitative estimate of drug-likeness (QED) is 0.739. The maximum atomic E-state index is 12.7. The lowest BCUT2D eigenvalue weighted by Gasteiger charge is -2.34. The summed E-state index contributed by atoms with van der Waals surface area (Å²) in [5, 5.41) is 0. The van der Waals surface area contributed by atoms with E-state index in [1.807, 2.05) is 29.2 Å². The molecule has 3 rings (SSSR count). The summed E-state index contributed by atoms with van der Waals surface area (Å²) in [5.74, 6) is 0.397. The van der Waals surface area contributed by atoms with Crippen LogP contribution in [0.1, 0.15) is 19.3 Å². The van der Waals surface area contributed by atoms with Crippen LogP contribution in [0.3, 0.4) is 0 Å². The topological polar surface area (TPSA) is 75.9 Å². The van der Waals surface area contributed by atoms with Crippen molar-refractivity contribution >= 4 is 41.7 Å². The largest absolute Gasteiger partial charge is 0.378 e. The number of piperidine rings is 1. The number of rotatable bonds is 6. The lowest BCUT2D eigenvalue weighted by molar-refractivity contribution is -0.133. The Bertz CT molecular complexity index is 623. The van der Waals surface area contributed by atoms with Gasteiger partial charge in [0.25, 0.3) is 0 Å². The van der Waals surface area contributed by atoms with Crippen LogP contribution < -0.4 is 10.6 Å². The molecular weight excluding hydrogens is 374 g/mol. The molecule has 0 saturated carbocycles. The average molecular weight is 400 g/mol. The number of amides is 2. The molecule has 144 valence electrons. The third-order valence-electron chi connectivity index (χ3n) is 4.60. The second-order valence-electron chi connectivity index (χ2n) is 6.33. The maximum Gasteiger partial charge on any atom is 0.242 e. The molecule has 6 nitrogen and oxygen atoms in total. The fraction of sp³-hybridized carbons (Fsp3) is 0.556. The molecule has 1 saturated heterocycles. The number of likely N-dealkylation sites (tertiary alicyclic amines) is 1. The Morgan fingerprint density at radius 3 is 2.73 bits per heavy atom. The molecular formula is C18H26ClN3O3S. The van der Waals surface area contributed by atoms with Gasteiger partial charge in [-0.15, -0.1) is 24.2 Å². The minimum atomic E-state index is -0.00273. The molecule has 2 N–H and O–H groups in total. The normalized spacial score (nSPS) is 17.7. The van der Waals surface area contributed by atoms with E-state index in [1.54, 1.807) is 4.90 Å². The molecule has 0 spiro atoms. The van der Waals surface area contributed by atoms with Crippen LogP contribution in [0, 0.1) is 0 Å². The Labute approximate surface area is 164 Å². The van der Waals surface area contributed by atoms with E-state index in [0.29, 0.717) is 32.0 Å². The Morgan fingerprint density at radius 1 is 1.27 bits per heavy atom. The molecule has 8 heteroatoms. The first-order chi connectivity index (χ1) is 12.2. The molecule has 2 amide bonds. The van der Waals surface area contributed by atoms with Crippen LogP contribution in [0.15, 0.2) is 29.2 Å². The number of thioether (sulfide) groups is 1. The molecule has 0 aliphatic carbocycles. The van der Waals surface area contributed by atoms with E-state index in [-0.39, 0.29) is 36.9 Å². The van der Waals surface area contributed by atoms with Crippen molar-refractivity contribution in [2.45, 2.75) is 30.3 Å². The van der Waals surface area contributed by atoms with Crippen molar-refractivity contribution in [2.24, 2.45) is 5.73 Å². The van der Waals surface area contributed by atoms with Gasteiger partial charge in [0.2, 0.25) is 11.8 Å². The van der Waals surface area contributed by atoms with E-state index in [1.165, 1.54) is 11.8 Å². The van der Waals surface area contributed by atoms with Gasteiger partial charge >= 0.3 is 0 Å². The zero-order valence-corrected chi connectivity index (χ0v) is 16.4. The van der Waals surface area contributed by atoms with Crippen molar-refractivity contribution in [3.63, 3.8) is 0 Å². The van der Waals surface area contributed by atoms with Crippen LogP contribution in [0.2, 0.25) is 0 Å². The second kappa shape index (κ2) is 10.2. The van der Waals surface area contributed by atoms with Gasteiger partial charge in [0.05, 0.1) is 17.5 Å². The summed E-state index contributed by atoms with van der Waals surface area (Å²) in [4.78, 5) is 29.5. The van der Waals surface area contributed by atoms with Crippen LogP contribution in [0.4, 0.5) is 5.69 Å². The van der Waals surface area contributed by atoms with E-state index in [9.17, 15) is 9.59 Å². The van der Waals surface area contributed by atoms with E-state index in [2.05, 4.69) is 0 Å². The van der Waals surface area contributed by atoms with Gasteiger partial charge in [-0.2, -0.15) is 0 Å². The van der Waals surface area contributed by atoms with Crippen molar-refractivity contribution in [3.05, 3.63) is 24.3 Å². The number of carbonyl (C=O) groups excluding carboxylic acids is 2. The molecule has 2 aliphatic heterocycles. The number of anilines is 1. The van der Waals surface area contributed by atoms with Gasteiger partial charge in [0.1, 0.15) is 6.54 Å². The van der Waals surface area contributed by atoms with Crippen molar-refractivity contribution < 1.29 is 14.3 Å². The molecule has 0 bridgehead atoms. The fourth-order valence-electron chi connectivity index (χ4n) is 3.17. The van der Waals surface area contributed by atoms with Gasteiger partial charge in [-0.05, 0) is 37.9 Å². The third kappa shape index (κ3) is 5.13. The summed E-state index contributed by atoms with van der Waals surface area (Å²) in [6.45, 7) is 2.82. The predicted octanol–water partition coefficient (Wildman–Crippen LogP) is 1.90. The molecule has 0 atom stereocenters. The fourth-order valence-corrected chi connectivity index (χ4v) is 4.10. The average Bonchev–Trinajstić information content (AvgIpc) is 2.65. The standard InChI is InChI=1S/C18H25N3O3S.ClH/c19-8-3-11-24-14-6-9-20(10-7-14)17(22)12-21-15-4-1-2-5-16(15)25-13-18(21)23;/h1-2,4-5,14H,3,6-13,19H2;1H. The summed E-state index contributed by atoms with van der Waals surface area (Å²) < 4.78 is 5.78.